The fraction of sp³-hybridized carbons (Fsp3) is 0.111. The Kier molecular flexibility index (Phi) is 5.76. The lowest BCUT2D eigenvalue weighted by molar-refractivity contribution is -0.134. The zero-order valence-electron chi connectivity index (χ0n) is 13.4. The van der Waals surface area contributed by atoms with Crippen molar-refractivity contribution >= 4 is 11.9 Å². The SMILES string of the molecule is C=CC(=O)Oc1c(F)cc(-c2ccc(OC(=O)CC)c(F)c2F)cc1F. The second-order valence-corrected chi connectivity index (χ2v) is 4.96. The molecule has 0 unspecified atom stereocenters. The molecule has 8 heteroatoms. The van der Waals surface area contributed by atoms with E-state index in [0.717, 1.165) is 12.1 Å². The number of rotatable bonds is 5. The van der Waals surface area contributed by atoms with Crippen molar-refractivity contribution in [1.82, 2.24) is 0 Å². The zero-order valence-corrected chi connectivity index (χ0v) is 13.4. The number of halogens is 4. The molecule has 0 fully saturated rings. The van der Waals surface area contributed by atoms with Crippen LogP contribution in [0.2, 0.25) is 0 Å². The summed E-state index contributed by atoms with van der Waals surface area (Å²) in [5, 5.41) is 0. The monoisotopic (exact) mass is 368 g/mol. The van der Waals surface area contributed by atoms with Gasteiger partial charge in [0, 0.05) is 18.1 Å². The third-order valence-corrected chi connectivity index (χ3v) is 3.24. The molecule has 2 aromatic rings. The van der Waals surface area contributed by atoms with Gasteiger partial charge in [-0.15, -0.1) is 0 Å². The Morgan fingerprint density at radius 2 is 1.65 bits per heavy atom. The molecule has 2 rings (SSSR count). The lowest BCUT2D eigenvalue weighted by atomic mass is 10.0. The highest BCUT2D eigenvalue weighted by Gasteiger charge is 2.21. The third kappa shape index (κ3) is 3.90. The van der Waals surface area contributed by atoms with Gasteiger partial charge in [0.15, 0.2) is 23.2 Å². The van der Waals surface area contributed by atoms with E-state index in [-0.39, 0.29) is 12.0 Å². The van der Waals surface area contributed by atoms with E-state index in [0.29, 0.717) is 18.2 Å². The Labute approximate surface area is 145 Å². The minimum atomic E-state index is -1.48. The molecule has 0 aromatic heterocycles. The molecule has 0 aliphatic heterocycles. The van der Waals surface area contributed by atoms with Crippen molar-refractivity contribution < 1.29 is 36.6 Å². The van der Waals surface area contributed by atoms with Crippen LogP contribution in [0.25, 0.3) is 11.1 Å². The summed E-state index contributed by atoms with van der Waals surface area (Å²) in [5.74, 6) is -9.03. The van der Waals surface area contributed by atoms with Gasteiger partial charge >= 0.3 is 11.9 Å². The summed E-state index contributed by atoms with van der Waals surface area (Å²) in [6, 6.07) is 3.30. The van der Waals surface area contributed by atoms with Crippen molar-refractivity contribution in [3.8, 4) is 22.6 Å². The second kappa shape index (κ2) is 7.81. The maximum atomic E-state index is 14.2. The van der Waals surface area contributed by atoms with Gasteiger partial charge in [-0.3, -0.25) is 4.79 Å². The van der Waals surface area contributed by atoms with E-state index >= 15 is 0 Å². The van der Waals surface area contributed by atoms with E-state index in [4.69, 9.17) is 0 Å². The third-order valence-electron chi connectivity index (χ3n) is 3.24. The maximum Gasteiger partial charge on any atom is 0.335 e. The van der Waals surface area contributed by atoms with E-state index in [2.05, 4.69) is 16.1 Å². The maximum absolute atomic E-state index is 14.2. The van der Waals surface area contributed by atoms with Gasteiger partial charge in [-0.2, -0.15) is 4.39 Å². The Bertz CT molecular complexity index is 870. The highest BCUT2D eigenvalue weighted by molar-refractivity contribution is 5.83. The lowest BCUT2D eigenvalue weighted by Gasteiger charge is -2.11. The van der Waals surface area contributed by atoms with Gasteiger partial charge in [-0.05, 0) is 29.8 Å². The average molecular weight is 368 g/mol. The van der Waals surface area contributed by atoms with E-state index in [9.17, 15) is 27.2 Å². The Morgan fingerprint density at radius 1 is 1.04 bits per heavy atom. The van der Waals surface area contributed by atoms with Crippen molar-refractivity contribution in [2.75, 3.05) is 0 Å². The van der Waals surface area contributed by atoms with Crippen LogP contribution >= 0.6 is 0 Å². The lowest BCUT2D eigenvalue weighted by Crippen LogP contribution is -2.08. The van der Waals surface area contributed by atoms with Crippen molar-refractivity contribution in [3.05, 3.63) is 60.2 Å². The summed E-state index contributed by atoms with van der Waals surface area (Å²) in [6.45, 7) is 4.56. The van der Waals surface area contributed by atoms with E-state index in [1.165, 1.54) is 6.92 Å². The summed E-state index contributed by atoms with van der Waals surface area (Å²) in [6.07, 6.45) is 0.655. The number of hydrogen-bond donors (Lipinski definition) is 0. The van der Waals surface area contributed by atoms with E-state index in [1.54, 1.807) is 0 Å². The first-order valence-corrected chi connectivity index (χ1v) is 7.30. The Hall–Kier alpha value is -3.16. The molecule has 0 N–H and O–H groups in total. The van der Waals surface area contributed by atoms with Crippen molar-refractivity contribution in [2.45, 2.75) is 13.3 Å². The predicted octanol–water partition coefficient (Wildman–Crippen LogP) is 4.32. The van der Waals surface area contributed by atoms with Gasteiger partial charge in [0.1, 0.15) is 0 Å². The van der Waals surface area contributed by atoms with E-state index in [1.807, 2.05) is 0 Å². The molecule has 136 valence electrons. The summed E-state index contributed by atoms with van der Waals surface area (Å²) in [4.78, 5) is 22.2. The van der Waals surface area contributed by atoms with Crippen molar-refractivity contribution in [3.63, 3.8) is 0 Å². The number of benzene rings is 2. The molecule has 0 amide bonds. The highest BCUT2D eigenvalue weighted by Crippen LogP contribution is 2.33. The van der Waals surface area contributed by atoms with Crippen LogP contribution in [0.15, 0.2) is 36.9 Å². The van der Waals surface area contributed by atoms with Crippen LogP contribution in [0.4, 0.5) is 17.6 Å². The molecule has 2 aromatic carbocycles. The summed E-state index contributed by atoms with van der Waals surface area (Å²) < 4.78 is 65.2. The molecular weight excluding hydrogens is 356 g/mol. The fourth-order valence-electron chi connectivity index (χ4n) is 1.98. The molecule has 0 saturated carbocycles. The van der Waals surface area contributed by atoms with Crippen LogP contribution in [-0.2, 0) is 9.59 Å². The zero-order chi connectivity index (χ0) is 19.4. The molecule has 0 heterocycles. The number of esters is 2. The quantitative estimate of drug-likeness (QED) is 0.341. The first-order chi connectivity index (χ1) is 12.3. The molecule has 4 nitrogen and oxygen atoms in total. The second-order valence-electron chi connectivity index (χ2n) is 4.96. The standard InChI is InChI=1S/C18H12F4O4/c1-3-14(23)25-13-6-5-10(16(21)17(13)22)9-7-11(19)18(12(20)8-9)26-15(24)4-2/h4-8H,2-3H2,1H3. The Morgan fingerprint density at radius 3 is 2.19 bits per heavy atom. The summed E-state index contributed by atoms with van der Waals surface area (Å²) in [7, 11) is 0. The number of carbonyl (C=O) groups is 2. The number of carbonyl (C=O) groups excluding carboxylic acids is 2. The van der Waals surface area contributed by atoms with Crippen LogP contribution in [0.3, 0.4) is 0 Å². The molecule has 0 radical (unpaired) electrons. The minimum absolute atomic E-state index is 0.0515. The van der Waals surface area contributed by atoms with Gasteiger partial charge < -0.3 is 9.47 Å². The number of hydrogen-bond acceptors (Lipinski definition) is 4. The van der Waals surface area contributed by atoms with Crippen molar-refractivity contribution in [1.29, 1.82) is 0 Å². The minimum Gasteiger partial charge on any atom is -0.423 e. The van der Waals surface area contributed by atoms with Gasteiger partial charge in [0.2, 0.25) is 11.6 Å². The van der Waals surface area contributed by atoms with Crippen LogP contribution in [-0.4, -0.2) is 11.9 Å². The molecular formula is C18H12F4O4. The average Bonchev–Trinajstić information content (AvgIpc) is 2.61. The highest BCUT2D eigenvalue weighted by atomic mass is 19.2. The van der Waals surface area contributed by atoms with Crippen LogP contribution in [0.5, 0.6) is 11.5 Å². The molecule has 0 bridgehead atoms. The smallest absolute Gasteiger partial charge is 0.335 e. The van der Waals surface area contributed by atoms with Crippen LogP contribution < -0.4 is 9.47 Å². The summed E-state index contributed by atoms with van der Waals surface area (Å²) >= 11 is 0. The van der Waals surface area contributed by atoms with Gasteiger partial charge in [0.05, 0.1) is 0 Å². The largest absolute Gasteiger partial charge is 0.423 e. The van der Waals surface area contributed by atoms with Gasteiger partial charge in [-0.1, -0.05) is 13.5 Å². The molecule has 0 spiro atoms. The first kappa shape index (κ1) is 19.2. The topological polar surface area (TPSA) is 52.6 Å². The number of ether oxygens (including phenoxy) is 2. The molecule has 0 saturated heterocycles. The van der Waals surface area contributed by atoms with Gasteiger partial charge in [-0.25, -0.2) is 18.0 Å². The molecule has 0 atom stereocenters. The normalized spacial score (nSPS) is 10.3. The van der Waals surface area contributed by atoms with Crippen LogP contribution in [0.1, 0.15) is 13.3 Å². The molecule has 0 aliphatic rings. The van der Waals surface area contributed by atoms with Crippen LogP contribution in [0, 0.1) is 23.3 Å². The van der Waals surface area contributed by atoms with E-state index < -0.39 is 52.3 Å². The predicted molar refractivity (Wildman–Crippen MR) is 83.5 cm³/mol. The first-order valence-electron chi connectivity index (χ1n) is 7.30. The molecule has 0 aliphatic carbocycles. The summed E-state index contributed by atoms with van der Waals surface area (Å²) in [5.41, 5.74) is -0.818. The van der Waals surface area contributed by atoms with Crippen molar-refractivity contribution in [2.24, 2.45) is 0 Å². The Balaban J connectivity index is 2.46. The van der Waals surface area contributed by atoms with Gasteiger partial charge in [0.25, 0.3) is 0 Å². The fourth-order valence-corrected chi connectivity index (χ4v) is 1.98. The molecule has 26 heavy (non-hydrogen) atoms.